The maximum atomic E-state index is 12.0. The topological polar surface area (TPSA) is 70.5 Å². The molecule has 1 atom stereocenters. The summed E-state index contributed by atoms with van der Waals surface area (Å²) in [4.78, 5) is 28.5. The van der Waals surface area contributed by atoms with Crippen molar-refractivity contribution in [1.82, 2.24) is 9.88 Å². The SMILES string of the molecule is O=C(O)C1CCCN(C(=O)c2ccccn2)C1. The van der Waals surface area contributed by atoms with Crippen molar-refractivity contribution in [2.24, 2.45) is 5.92 Å². The maximum Gasteiger partial charge on any atom is 0.308 e. The van der Waals surface area contributed by atoms with E-state index in [9.17, 15) is 9.59 Å². The van der Waals surface area contributed by atoms with Gasteiger partial charge in [0.25, 0.3) is 5.91 Å². The van der Waals surface area contributed by atoms with Crippen molar-refractivity contribution in [3.63, 3.8) is 0 Å². The molecule has 1 aromatic heterocycles. The number of nitrogens with zero attached hydrogens (tertiary/aromatic N) is 2. The molecule has 0 spiro atoms. The summed E-state index contributed by atoms with van der Waals surface area (Å²) in [5, 5.41) is 8.95. The number of rotatable bonds is 2. The first kappa shape index (κ1) is 11.6. The number of pyridine rings is 1. The number of hydrogen-bond acceptors (Lipinski definition) is 3. The van der Waals surface area contributed by atoms with Gasteiger partial charge >= 0.3 is 5.97 Å². The molecule has 1 aliphatic heterocycles. The Labute approximate surface area is 99.1 Å². The second-order valence-electron chi connectivity index (χ2n) is 4.14. The number of carboxylic acids is 1. The van der Waals surface area contributed by atoms with Gasteiger partial charge in [-0.05, 0) is 25.0 Å². The maximum absolute atomic E-state index is 12.0. The van der Waals surface area contributed by atoms with Crippen LogP contribution in [0, 0.1) is 5.92 Å². The van der Waals surface area contributed by atoms with E-state index in [0.717, 1.165) is 6.42 Å². The molecule has 2 rings (SSSR count). The second kappa shape index (κ2) is 4.95. The Kier molecular flexibility index (Phi) is 3.37. The zero-order valence-corrected chi connectivity index (χ0v) is 9.37. The zero-order valence-electron chi connectivity index (χ0n) is 9.37. The van der Waals surface area contributed by atoms with E-state index in [0.29, 0.717) is 18.7 Å². The molecule has 0 aliphatic carbocycles. The fraction of sp³-hybridized carbons (Fsp3) is 0.417. The lowest BCUT2D eigenvalue weighted by Gasteiger charge is -2.30. The smallest absolute Gasteiger partial charge is 0.308 e. The van der Waals surface area contributed by atoms with Crippen LogP contribution in [-0.2, 0) is 4.79 Å². The van der Waals surface area contributed by atoms with E-state index in [1.807, 2.05) is 0 Å². The van der Waals surface area contributed by atoms with E-state index >= 15 is 0 Å². The first-order valence-corrected chi connectivity index (χ1v) is 5.61. The van der Waals surface area contributed by atoms with Crippen molar-refractivity contribution >= 4 is 11.9 Å². The molecule has 0 aromatic carbocycles. The first-order chi connectivity index (χ1) is 8.18. The molecule has 1 aliphatic rings. The Morgan fingerprint density at radius 3 is 2.88 bits per heavy atom. The number of aliphatic carboxylic acids is 1. The van der Waals surface area contributed by atoms with Gasteiger partial charge in [-0.2, -0.15) is 0 Å². The summed E-state index contributed by atoms with van der Waals surface area (Å²) in [7, 11) is 0. The molecule has 2 heterocycles. The molecule has 0 radical (unpaired) electrons. The molecule has 5 nitrogen and oxygen atoms in total. The number of likely N-dealkylation sites (tertiary alicyclic amines) is 1. The van der Waals surface area contributed by atoms with E-state index < -0.39 is 11.9 Å². The summed E-state index contributed by atoms with van der Waals surface area (Å²) in [6, 6.07) is 5.14. The molecule has 90 valence electrons. The van der Waals surface area contributed by atoms with Crippen molar-refractivity contribution in [2.45, 2.75) is 12.8 Å². The number of hydrogen-bond donors (Lipinski definition) is 1. The largest absolute Gasteiger partial charge is 0.481 e. The quantitative estimate of drug-likeness (QED) is 0.829. The Balaban J connectivity index is 2.07. The zero-order chi connectivity index (χ0) is 12.3. The van der Waals surface area contributed by atoms with E-state index in [1.54, 1.807) is 29.3 Å². The average molecular weight is 234 g/mol. The summed E-state index contributed by atoms with van der Waals surface area (Å²) >= 11 is 0. The Morgan fingerprint density at radius 1 is 1.41 bits per heavy atom. The van der Waals surface area contributed by atoms with Gasteiger partial charge in [0.1, 0.15) is 5.69 Å². The highest BCUT2D eigenvalue weighted by Gasteiger charge is 2.28. The summed E-state index contributed by atoms with van der Waals surface area (Å²) in [6.07, 6.45) is 2.93. The predicted molar refractivity (Wildman–Crippen MR) is 60.5 cm³/mol. The molecule has 1 saturated heterocycles. The number of carboxylic acid groups (broad SMARTS) is 1. The van der Waals surface area contributed by atoms with Crippen LogP contribution in [0.5, 0.6) is 0 Å². The van der Waals surface area contributed by atoms with E-state index in [4.69, 9.17) is 5.11 Å². The third-order valence-electron chi connectivity index (χ3n) is 2.94. The summed E-state index contributed by atoms with van der Waals surface area (Å²) in [5.74, 6) is -1.46. The Hall–Kier alpha value is -1.91. The van der Waals surface area contributed by atoms with Crippen LogP contribution in [0.4, 0.5) is 0 Å². The average Bonchev–Trinajstić information content (AvgIpc) is 2.39. The minimum absolute atomic E-state index is 0.184. The lowest BCUT2D eigenvalue weighted by atomic mass is 9.98. The van der Waals surface area contributed by atoms with Gasteiger partial charge in [0.05, 0.1) is 5.92 Å². The summed E-state index contributed by atoms with van der Waals surface area (Å²) < 4.78 is 0. The van der Waals surface area contributed by atoms with E-state index in [1.165, 1.54) is 0 Å². The van der Waals surface area contributed by atoms with E-state index in [-0.39, 0.29) is 12.5 Å². The minimum atomic E-state index is -0.830. The van der Waals surface area contributed by atoms with Crippen LogP contribution >= 0.6 is 0 Å². The van der Waals surface area contributed by atoms with Gasteiger partial charge in [-0.25, -0.2) is 0 Å². The van der Waals surface area contributed by atoms with Crippen LogP contribution in [0.3, 0.4) is 0 Å². The number of aromatic nitrogens is 1. The number of piperidine rings is 1. The van der Waals surface area contributed by atoms with Gasteiger partial charge in [0.15, 0.2) is 0 Å². The highest BCUT2D eigenvalue weighted by Crippen LogP contribution is 2.18. The first-order valence-electron chi connectivity index (χ1n) is 5.61. The van der Waals surface area contributed by atoms with Crippen molar-refractivity contribution in [3.05, 3.63) is 30.1 Å². The monoisotopic (exact) mass is 234 g/mol. The normalized spacial score (nSPS) is 20.0. The van der Waals surface area contributed by atoms with Crippen LogP contribution in [-0.4, -0.2) is 40.0 Å². The van der Waals surface area contributed by atoms with Gasteiger partial charge < -0.3 is 10.0 Å². The van der Waals surface area contributed by atoms with Gasteiger partial charge in [0.2, 0.25) is 0 Å². The van der Waals surface area contributed by atoms with Crippen LogP contribution in [0.2, 0.25) is 0 Å². The predicted octanol–water partition coefficient (Wildman–Crippen LogP) is 1.02. The van der Waals surface area contributed by atoms with Crippen molar-refractivity contribution < 1.29 is 14.7 Å². The van der Waals surface area contributed by atoms with Gasteiger partial charge in [-0.1, -0.05) is 6.07 Å². The van der Waals surface area contributed by atoms with Gasteiger partial charge in [-0.3, -0.25) is 14.6 Å². The van der Waals surface area contributed by atoms with Crippen molar-refractivity contribution in [1.29, 1.82) is 0 Å². The Bertz CT molecular complexity index is 419. The fourth-order valence-corrected chi connectivity index (χ4v) is 2.01. The molecule has 0 bridgehead atoms. The summed E-state index contributed by atoms with van der Waals surface area (Å²) in [5.41, 5.74) is 0.374. The molecule has 1 N–H and O–H groups in total. The van der Waals surface area contributed by atoms with Crippen LogP contribution in [0.15, 0.2) is 24.4 Å². The Morgan fingerprint density at radius 2 is 2.24 bits per heavy atom. The highest BCUT2D eigenvalue weighted by molar-refractivity contribution is 5.92. The molecule has 17 heavy (non-hydrogen) atoms. The number of carbonyl (C=O) groups excluding carboxylic acids is 1. The van der Waals surface area contributed by atoms with Crippen LogP contribution in [0.1, 0.15) is 23.3 Å². The third kappa shape index (κ3) is 2.61. The highest BCUT2D eigenvalue weighted by atomic mass is 16.4. The fourth-order valence-electron chi connectivity index (χ4n) is 2.01. The number of carbonyl (C=O) groups is 2. The lowest BCUT2D eigenvalue weighted by Crippen LogP contribution is -2.42. The second-order valence-corrected chi connectivity index (χ2v) is 4.14. The van der Waals surface area contributed by atoms with Crippen LogP contribution < -0.4 is 0 Å². The standard InChI is InChI=1S/C12H14N2O3/c15-11(10-5-1-2-6-13-10)14-7-3-4-9(8-14)12(16)17/h1-2,5-6,9H,3-4,7-8H2,(H,16,17). The molecule has 1 amide bonds. The van der Waals surface area contributed by atoms with Crippen LogP contribution in [0.25, 0.3) is 0 Å². The van der Waals surface area contributed by atoms with E-state index in [2.05, 4.69) is 4.98 Å². The lowest BCUT2D eigenvalue weighted by molar-refractivity contribution is -0.143. The van der Waals surface area contributed by atoms with Gasteiger partial charge in [0, 0.05) is 19.3 Å². The third-order valence-corrected chi connectivity index (χ3v) is 2.94. The van der Waals surface area contributed by atoms with Crippen molar-refractivity contribution in [2.75, 3.05) is 13.1 Å². The molecule has 0 saturated carbocycles. The number of amides is 1. The summed E-state index contributed by atoms with van der Waals surface area (Å²) in [6.45, 7) is 0.893. The minimum Gasteiger partial charge on any atom is -0.481 e. The van der Waals surface area contributed by atoms with Crippen molar-refractivity contribution in [3.8, 4) is 0 Å². The molecule has 1 aromatic rings. The van der Waals surface area contributed by atoms with Gasteiger partial charge in [-0.15, -0.1) is 0 Å². The molecular formula is C12H14N2O3. The molecular weight excluding hydrogens is 220 g/mol. The molecule has 1 unspecified atom stereocenters. The molecule has 5 heteroatoms. The molecule has 1 fully saturated rings.